The fraction of sp³-hybridized carbons (Fsp3) is 0.190. The minimum atomic E-state index is -0.188. The van der Waals surface area contributed by atoms with Crippen molar-refractivity contribution in [2.45, 2.75) is 13.0 Å². The van der Waals surface area contributed by atoms with Crippen LogP contribution in [0.15, 0.2) is 57.1 Å². The van der Waals surface area contributed by atoms with Crippen molar-refractivity contribution in [3.05, 3.63) is 62.8 Å². The Kier molecular flexibility index (Phi) is 5.74. The van der Waals surface area contributed by atoms with Crippen LogP contribution in [0.1, 0.15) is 6.42 Å². The van der Waals surface area contributed by atoms with Crippen molar-refractivity contribution in [2.24, 2.45) is 7.05 Å². The summed E-state index contributed by atoms with van der Waals surface area (Å²) in [5.74, 6) is 0.554. The van der Waals surface area contributed by atoms with Gasteiger partial charge in [0.1, 0.15) is 5.75 Å². The number of anilines is 1. The van der Waals surface area contributed by atoms with Gasteiger partial charge in [-0.15, -0.1) is 11.3 Å². The summed E-state index contributed by atoms with van der Waals surface area (Å²) in [4.78, 5) is 29.4. The Hall–Kier alpha value is -2.91. The Balaban J connectivity index is 1.44. The van der Waals surface area contributed by atoms with Crippen molar-refractivity contribution in [3.63, 3.8) is 0 Å². The molecule has 0 saturated carbocycles. The maximum absolute atomic E-state index is 12.5. The molecule has 0 atom stereocenters. The highest BCUT2D eigenvalue weighted by Gasteiger charge is 2.13. The topological polar surface area (TPSA) is 78.1 Å². The van der Waals surface area contributed by atoms with E-state index in [0.717, 1.165) is 32.5 Å². The number of benzene rings is 2. The number of rotatable bonds is 6. The number of methoxy groups -OCH3 is 1. The summed E-state index contributed by atoms with van der Waals surface area (Å²) in [7, 11) is 3.35. The third-order valence-electron chi connectivity index (χ3n) is 4.81. The highest BCUT2D eigenvalue weighted by Crippen LogP contribution is 2.32. The lowest BCUT2D eigenvalue weighted by atomic mass is 10.2. The van der Waals surface area contributed by atoms with Gasteiger partial charge in [0.25, 0.3) is 0 Å². The van der Waals surface area contributed by atoms with Crippen LogP contribution in [-0.4, -0.2) is 27.1 Å². The highest BCUT2D eigenvalue weighted by atomic mass is 79.9. The molecule has 0 unspecified atom stereocenters. The number of aromatic nitrogens is 3. The molecule has 154 valence electrons. The molecule has 2 aromatic carbocycles. The van der Waals surface area contributed by atoms with Gasteiger partial charge in [-0.25, -0.2) is 9.78 Å². The number of thiazole rings is 1. The van der Waals surface area contributed by atoms with Gasteiger partial charge in [-0.3, -0.25) is 13.9 Å². The fourth-order valence-corrected chi connectivity index (χ4v) is 4.54. The van der Waals surface area contributed by atoms with Crippen LogP contribution in [0.5, 0.6) is 5.75 Å². The predicted molar refractivity (Wildman–Crippen MR) is 122 cm³/mol. The largest absolute Gasteiger partial charge is 0.496 e. The van der Waals surface area contributed by atoms with Gasteiger partial charge in [-0.2, -0.15) is 0 Å². The van der Waals surface area contributed by atoms with E-state index in [9.17, 15) is 9.59 Å². The van der Waals surface area contributed by atoms with Gasteiger partial charge in [0, 0.05) is 31.0 Å². The van der Waals surface area contributed by atoms with Crippen LogP contribution in [0, 0.1) is 0 Å². The van der Waals surface area contributed by atoms with Gasteiger partial charge >= 0.3 is 5.69 Å². The Labute approximate surface area is 185 Å². The normalized spacial score (nSPS) is 11.0. The number of amides is 1. The lowest BCUT2D eigenvalue weighted by molar-refractivity contribution is -0.116. The zero-order valence-electron chi connectivity index (χ0n) is 16.4. The molecule has 9 heteroatoms. The number of para-hydroxylation sites is 2. The first-order valence-electron chi connectivity index (χ1n) is 9.21. The van der Waals surface area contributed by atoms with Crippen molar-refractivity contribution in [3.8, 4) is 17.0 Å². The molecule has 2 aromatic heterocycles. The zero-order valence-corrected chi connectivity index (χ0v) is 18.8. The maximum atomic E-state index is 12.5. The van der Waals surface area contributed by atoms with Gasteiger partial charge in [0.2, 0.25) is 5.91 Å². The monoisotopic (exact) mass is 486 g/mol. The summed E-state index contributed by atoms with van der Waals surface area (Å²) in [6.07, 6.45) is 0.177. The van der Waals surface area contributed by atoms with Gasteiger partial charge in [0.15, 0.2) is 5.13 Å². The average Bonchev–Trinajstić information content (AvgIpc) is 3.30. The summed E-state index contributed by atoms with van der Waals surface area (Å²) in [6.45, 7) is 0.301. The Morgan fingerprint density at radius 2 is 2.00 bits per heavy atom. The molecule has 1 amide bonds. The van der Waals surface area contributed by atoms with E-state index in [1.54, 1.807) is 23.3 Å². The number of carbonyl (C=O) groups is 1. The second-order valence-corrected chi connectivity index (χ2v) is 8.38. The first-order valence-corrected chi connectivity index (χ1v) is 10.9. The number of aryl methyl sites for hydroxylation is 2. The second kappa shape index (κ2) is 8.45. The van der Waals surface area contributed by atoms with E-state index in [1.165, 1.54) is 11.3 Å². The Morgan fingerprint density at radius 1 is 1.23 bits per heavy atom. The summed E-state index contributed by atoms with van der Waals surface area (Å²) < 4.78 is 9.29. The molecular formula is C21H19BrN4O3S. The van der Waals surface area contributed by atoms with Crippen molar-refractivity contribution in [1.29, 1.82) is 0 Å². The molecule has 4 rings (SSSR count). The lowest BCUT2D eigenvalue weighted by Crippen LogP contribution is -2.24. The SMILES string of the molecule is COc1ccc(-c2csc(NC(=O)CCn3c(=O)n(C)c4ccccc43)n2)cc1Br. The van der Waals surface area contributed by atoms with Gasteiger partial charge in [0.05, 0.1) is 28.3 Å². The number of nitrogens with one attached hydrogen (secondary N) is 1. The molecule has 4 aromatic rings. The molecular weight excluding hydrogens is 468 g/mol. The van der Waals surface area contributed by atoms with Crippen LogP contribution < -0.4 is 15.7 Å². The number of fused-ring (bicyclic) bond motifs is 1. The Morgan fingerprint density at radius 3 is 2.73 bits per heavy atom. The van der Waals surface area contributed by atoms with E-state index in [1.807, 2.05) is 47.8 Å². The first kappa shape index (κ1) is 20.4. The Bertz CT molecular complexity index is 1290. The molecule has 30 heavy (non-hydrogen) atoms. The van der Waals surface area contributed by atoms with Crippen LogP contribution in [0.25, 0.3) is 22.3 Å². The predicted octanol–water partition coefficient (Wildman–Crippen LogP) is 4.26. The van der Waals surface area contributed by atoms with E-state index < -0.39 is 0 Å². The average molecular weight is 487 g/mol. The standard InChI is InChI=1S/C21H19BrN4O3S/c1-25-16-5-3-4-6-17(16)26(21(25)28)10-9-19(27)24-20-23-15(12-30-20)13-7-8-18(29-2)14(22)11-13/h3-8,11-12H,9-10H2,1-2H3,(H,23,24,27). The zero-order chi connectivity index (χ0) is 21.3. The van der Waals surface area contributed by atoms with E-state index >= 15 is 0 Å². The van der Waals surface area contributed by atoms with Crippen LogP contribution >= 0.6 is 27.3 Å². The number of hydrogen-bond acceptors (Lipinski definition) is 5. The van der Waals surface area contributed by atoms with Crippen LogP contribution in [0.4, 0.5) is 5.13 Å². The first-order chi connectivity index (χ1) is 14.5. The van der Waals surface area contributed by atoms with Crippen molar-refractivity contribution in [2.75, 3.05) is 12.4 Å². The summed E-state index contributed by atoms with van der Waals surface area (Å²) >= 11 is 4.83. The van der Waals surface area contributed by atoms with Crippen molar-refractivity contribution < 1.29 is 9.53 Å². The summed E-state index contributed by atoms with van der Waals surface area (Å²) in [6, 6.07) is 13.2. The molecule has 0 fully saturated rings. The smallest absolute Gasteiger partial charge is 0.328 e. The van der Waals surface area contributed by atoms with Gasteiger partial charge in [-0.05, 0) is 46.3 Å². The molecule has 1 N–H and O–H groups in total. The van der Waals surface area contributed by atoms with Crippen LogP contribution in [-0.2, 0) is 18.4 Å². The molecule has 0 radical (unpaired) electrons. The molecule has 0 aliphatic rings. The molecule has 0 aliphatic heterocycles. The highest BCUT2D eigenvalue weighted by molar-refractivity contribution is 9.10. The molecule has 0 aliphatic carbocycles. The molecule has 7 nitrogen and oxygen atoms in total. The molecule has 0 bridgehead atoms. The number of ether oxygens (including phenoxy) is 1. The van der Waals surface area contributed by atoms with Crippen LogP contribution in [0.3, 0.4) is 0 Å². The van der Waals surface area contributed by atoms with E-state index in [4.69, 9.17) is 4.74 Å². The van der Waals surface area contributed by atoms with E-state index in [0.29, 0.717) is 11.7 Å². The molecule has 0 spiro atoms. The second-order valence-electron chi connectivity index (χ2n) is 6.67. The quantitative estimate of drug-likeness (QED) is 0.441. The van der Waals surface area contributed by atoms with E-state index in [-0.39, 0.29) is 18.0 Å². The van der Waals surface area contributed by atoms with Gasteiger partial charge in [-0.1, -0.05) is 12.1 Å². The third kappa shape index (κ3) is 3.90. The number of halogens is 1. The minimum Gasteiger partial charge on any atom is -0.496 e. The van der Waals surface area contributed by atoms with Crippen molar-refractivity contribution in [1.82, 2.24) is 14.1 Å². The number of carbonyl (C=O) groups excluding carboxylic acids is 1. The number of imidazole rings is 1. The molecule has 0 saturated heterocycles. The summed E-state index contributed by atoms with van der Waals surface area (Å²) in [5.41, 5.74) is 3.22. The number of nitrogens with zero attached hydrogens (tertiary/aromatic N) is 3. The van der Waals surface area contributed by atoms with Gasteiger partial charge < -0.3 is 10.1 Å². The number of hydrogen-bond donors (Lipinski definition) is 1. The summed E-state index contributed by atoms with van der Waals surface area (Å²) in [5, 5.41) is 5.23. The molecule has 2 heterocycles. The lowest BCUT2D eigenvalue weighted by Gasteiger charge is -2.05. The maximum Gasteiger partial charge on any atom is 0.328 e. The third-order valence-corrected chi connectivity index (χ3v) is 6.19. The van der Waals surface area contributed by atoms with E-state index in [2.05, 4.69) is 26.2 Å². The minimum absolute atomic E-state index is 0.134. The fourth-order valence-electron chi connectivity index (χ4n) is 3.26. The van der Waals surface area contributed by atoms with Crippen molar-refractivity contribution >= 4 is 49.3 Å². The van der Waals surface area contributed by atoms with Crippen LogP contribution in [0.2, 0.25) is 0 Å².